The number of para-hydroxylation sites is 2. The Morgan fingerprint density at radius 1 is 1.29 bits per heavy atom. The van der Waals surface area contributed by atoms with Crippen molar-refractivity contribution in [3.8, 4) is 0 Å². The van der Waals surface area contributed by atoms with Crippen molar-refractivity contribution in [2.75, 3.05) is 12.4 Å². The molecule has 0 aliphatic carbocycles. The fourth-order valence-corrected chi connectivity index (χ4v) is 3.38. The van der Waals surface area contributed by atoms with E-state index in [9.17, 15) is 18.4 Å². The fourth-order valence-electron chi connectivity index (χ4n) is 2.59. The second kappa shape index (κ2) is 8.57. The summed E-state index contributed by atoms with van der Waals surface area (Å²) in [6, 6.07) is 11.2. The number of methoxy groups -OCH3 is 1. The molecule has 146 valence electrons. The number of fused-ring (bicyclic) bond motifs is 1. The second-order valence-electron chi connectivity index (χ2n) is 5.58. The Labute approximate surface area is 167 Å². The van der Waals surface area contributed by atoms with Crippen LogP contribution in [-0.2, 0) is 16.1 Å². The summed E-state index contributed by atoms with van der Waals surface area (Å²) < 4.78 is 31.8. The van der Waals surface area contributed by atoms with E-state index < -0.39 is 17.6 Å². The molecule has 0 bridgehead atoms. The first-order valence-corrected chi connectivity index (χ1v) is 9.22. The SMILES string of the molecule is COC(=O)c1cc(NC(=O)Cn2c(SC(F)F)nc3ccccc32)ccc1Cl. The summed E-state index contributed by atoms with van der Waals surface area (Å²) in [6.45, 7) is -0.230. The molecule has 0 unspecified atom stereocenters. The molecule has 3 aromatic rings. The van der Waals surface area contributed by atoms with Crippen LogP contribution in [0.25, 0.3) is 11.0 Å². The maximum atomic E-state index is 12.9. The number of hydrogen-bond acceptors (Lipinski definition) is 5. The zero-order valence-corrected chi connectivity index (χ0v) is 16.1. The number of esters is 1. The standard InChI is InChI=1S/C18H14ClF2N3O3S/c1-27-16(26)11-8-10(6-7-12(11)19)22-15(25)9-24-14-5-3-2-4-13(14)23-18(24)28-17(20)21/h2-8,17H,9H2,1H3,(H,22,25). The fraction of sp³-hybridized carbons (Fsp3) is 0.167. The third-order valence-electron chi connectivity index (χ3n) is 3.77. The number of imidazole rings is 1. The number of aromatic nitrogens is 2. The van der Waals surface area contributed by atoms with E-state index in [-0.39, 0.29) is 34.0 Å². The predicted molar refractivity (Wildman–Crippen MR) is 103 cm³/mol. The van der Waals surface area contributed by atoms with Crippen molar-refractivity contribution in [1.82, 2.24) is 9.55 Å². The van der Waals surface area contributed by atoms with Gasteiger partial charge in [0.1, 0.15) is 6.54 Å². The number of nitrogens with one attached hydrogen (secondary N) is 1. The first-order chi connectivity index (χ1) is 13.4. The van der Waals surface area contributed by atoms with E-state index in [2.05, 4.69) is 15.0 Å². The zero-order valence-electron chi connectivity index (χ0n) is 14.5. The lowest BCUT2D eigenvalue weighted by Gasteiger charge is -2.11. The summed E-state index contributed by atoms with van der Waals surface area (Å²) in [4.78, 5) is 28.4. The number of rotatable bonds is 6. The average Bonchev–Trinajstić information content (AvgIpc) is 2.99. The van der Waals surface area contributed by atoms with E-state index >= 15 is 0 Å². The Morgan fingerprint density at radius 2 is 2.04 bits per heavy atom. The molecule has 1 heterocycles. The zero-order chi connectivity index (χ0) is 20.3. The van der Waals surface area contributed by atoms with E-state index in [1.165, 1.54) is 29.9 Å². The first-order valence-electron chi connectivity index (χ1n) is 7.97. The lowest BCUT2D eigenvalue weighted by Crippen LogP contribution is -2.19. The molecule has 1 amide bonds. The number of carbonyl (C=O) groups is 2. The van der Waals surface area contributed by atoms with Crippen molar-refractivity contribution in [3.05, 3.63) is 53.1 Å². The van der Waals surface area contributed by atoms with Crippen molar-refractivity contribution in [3.63, 3.8) is 0 Å². The van der Waals surface area contributed by atoms with Crippen LogP contribution in [0.1, 0.15) is 10.4 Å². The molecular formula is C18H14ClF2N3O3S. The molecule has 0 fully saturated rings. The number of amides is 1. The van der Waals surface area contributed by atoms with Gasteiger partial charge in [0, 0.05) is 5.69 Å². The number of nitrogens with zero attached hydrogens (tertiary/aromatic N) is 2. The van der Waals surface area contributed by atoms with Crippen LogP contribution in [0.4, 0.5) is 14.5 Å². The average molecular weight is 426 g/mol. The number of alkyl halides is 2. The van der Waals surface area contributed by atoms with E-state index in [4.69, 9.17) is 11.6 Å². The molecule has 0 saturated heterocycles. The van der Waals surface area contributed by atoms with Gasteiger partial charge in [0.15, 0.2) is 5.16 Å². The van der Waals surface area contributed by atoms with Gasteiger partial charge in [-0.3, -0.25) is 4.79 Å². The van der Waals surface area contributed by atoms with Gasteiger partial charge in [0.25, 0.3) is 5.76 Å². The van der Waals surface area contributed by atoms with Crippen LogP contribution >= 0.6 is 23.4 Å². The minimum Gasteiger partial charge on any atom is -0.465 e. The van der Waals surface area contributed by atoms with Gasteiger partial charge in [-0.1, -0.05) is 23.7 Å². The number of benzene rings is 2. The van der Waals surface area contributed by atoms with Crippen molar-refractivity contribution in [2.45, 2.75) is 17.5 Å². The molecule has 10 heteroatoms. The minimum absolute atomic E-state index is 0.0395. The van der Waals surface area contributed by atoms with Gasteiger partial charge < -0.3 is 14.6 Å². The molecule has 0 radical (unpaired) electrons. The number of ether oxygens (including phenoxy) is 1. The van der Waals surface area contributed by atoms with Gasteiger partial charge in [-0.05, 0) is 42.1 Å². The summed E-state index contributed by atoms with van der Waals surface area (Å²) in [5.41, 5.74) is 1.50. The van der Waals surface area contributed by atoms with Gasteiger partial charge in [0.2, 0.25) is 5.91 Å². The van der Waals surface area contributed by atoms with Gasteiger partial charge in [0.05, 0.1) is 28.7 Å². The normalized spacial score (nSPS) is 11.0. The number of halogens is 3. The van der Waals surface area contributed by atoms with Crippen molar-refractivity contribution in [1.29, 1.82) is 0 Å². The van der Waals surface area contributed by atoms with Gasteiger partial charge in [-0.25, -0.2) is 9.78 Å². The Balaban J connectivity index is 1.85. The third-order valence-corrected chi connectivity index (χ3v) is 4.80. The molecule has 3 rings (SSSR count). The van der Waals surface area contributed by atoms with Crippen LogP contribution in [0.5, 0.6) is 0 Å². The Hall–Kier alpha value is -2.65. The van der Waals surface area contributed by atoms with Gasteiger partial charge >= 0.3 is 5.97 Å². The molecule has 0 aliphatic rings. The molecule has 0 saturated carbocycles. The summed E-state index contributed by atoms with van der Waals surface area (Å²) in [5, 5.41) is 2.84. The van der Waals surface area contributed by atoms with Crippen LogP contribution in [0.3, 0.4) is 0 Å². The van der Waals surface area contributed by atoms with E-state index in [0.717, 1.165) is 0 Å². The van der Waals surface area contributed by atoms with Crippen LogP contribution in [0.15, 0.2) is 47.6 Å². The highest BCUT2D eigenvalue weighted by atomic mass is 35.5. The predicted octanol–water partition coefficient (Wildman–Crippen LogP) is 4.43. The maximum Gasteiger partial charge on any atom is 0.339 e. The Kier molecular flexibility index (Phi) is 6.15. The molecule has 6 nitrogen and oxygen atoms in total. The van der Waals surface area contributed by atoms with E-state index in [0.29, 0.717) is 16.7 Å². The van der Waals surface area contributed by atoms with Crippen molar-refractivity contribution < 1.29 is 23.1 Å². The van der Waals surface area contributed by atoms with Crippen LogP contribution in [-0.4, -0.2) is 34.3 Å². The number of hydrogen-bond donors (Lipinski definition) is 1. The van der Waals surface area contributed by atoms with E-state index in [1.807, 2.05) is 0 Å². The molecule has 1 aromatic heterocycles. The van der Waals surface area contributed by atoms with Crippen LogP contribution in [0.2, 0.25) is 5.02 Å². The topological polar surface area (TPSA) is 73.2 Å². The maximum absolute atomic E-state index is 12.9. The monoisotopic (exact) mass is 425 g/mol. The molecule has 0 spiro atoms. The highest BCUT2D eigenvalue weighted by molar-refractivity contribution is 7.99. The summed E-state index contributed by atoms with van der Waals surface area (Å²) >= 11 is 6.23. The van der Waals surface area contributed by atoms with Gasteiger partial charge in [-0.15, -0.1) is 0 Å². The molecule has 1 N–H and O–H groups in total. The van der Waals surface area contributed by atoms with Crippen LogP contribution < -0.4 is 5.32 Å². The largest absolute Gasteiger partial charge is 0.465 e. The first kappa shape index (κ1) is 20.1. The second-order valence-corrected chi connectivity index (χ2v) is 6.95. The quantitative estimate of drug-likeness (QED) is 0.467. The Morgan fingerprint density at radius 3 is 2.75 bits per heavy atom. The van der Waals surface area contributed by atoms with Crippen LogP contribution in [0, 0.1) is 0 Å². The molecular weight excluding hydrogens is 412 g/mol. The summed E-state index contributed by atoms with van der Waals surface area (Å²) in [5.74, 6) is -3.78. The number of anilines is 1. The van der Waals surface area contributed by atoms with Gasteiger partial charge in [-0.2, -0.15) is 8.78 Å². The number of thioether (sulfide) groups is 1. The lowest BCUT2D eigenvalue weighted by atomic mass is 10.2. The van der Waals surface area contributed by atoms with Crippen molar-refractivity contribution in [2.24, 2.45) is 0 Å². The molecule has 0 aliphatic heterocycles. The highest BCUT2D eigenvalue weighted by Gasteiger charge is 2.18. The molecule has 2 aromatic carbocycles. The smallest absolute Gasteiger partial charge is 0.339 e. The summed E-state index contributed by atoms with van der Waals surface area (Å²) in [6.07, 6.45) is 0. The van der Waals surface area contributed by atoms with Crippen molar-refractivity contribution >= 4 is 52.0 Å². The molecule has 28 heavy (non-hydrogen) atoms. The third kappa shape index (κ3) is 4.42. The minimum atomic E-state index is -2.67. The summed E-state index contributed by atoms with van der Waals surface area (Å²) in [7, 11) is 1.22. The van der Waals surface area contributed by atoms with E-state index in [1.54, 1.807) is 24.3 Å². The lowest BCUT2D eigenvalue weighted by molar-refractivity contribution is -0.116. The highest BCUT2D eigenvalue weighted by Crippen LogP contribution is 2.28. The molecule has 0 atom stereocenters. The Bertz CT molecular complexity index is 1040. The number of carbonyl (C=O) groups excluding carboxylic acids is 2.